The van der Waals surface area contributed by atoms with Gasteiger partial charge in [-0.3, -0.25) is 0 Å². The van der Waals surface area contributed by atoms with Crippen LogP contribution in [-0.4, -0.2) is 34.6 Å². The molecular formula is C10H12F6O3. The third-order valence-corrected chi connectivity index (χ3v) is 3.12. The van der Waals surface area contributed by atoms with E-state index >= 15 is 0 Å². The van der Waals surface area contributed by atoms with Crippen LogP contribution in [0.4, 0.5) is 26.3 Å². The van der Waals surface area contributed by atoms with Crippen molar-refractivity contribution >= 4 is 5.97 Å². The van der Waals surface area contributed by atoms with Crippen LogP contribution in [0.3, 0.4) is 0 Å². The van der Waals surface area contributed by atoms with Crippen molar-refractivity contribution < 1.29 is 41.0 Å². The van der Waals surface area contributed by atoms with E-state index in [2.05, 4.69) is 4.74 Å². The predicted molar refractivity (Wildman–Crippen MR) is 50.0 cm³/mol. The van der Waals surface area contributed by atoms with Crippen LogP contribution in [0.2, 0.25) is 0 Å². The van der Waals surface area contributed by atoms with Crippen molar-refractivity contribution in [3.05, 3.63) is 0 Å². The maximum atomic E-state index is 12.4. The van der Waals surface area contributed by atoms with Crippen LogP contribution in [0.25, 0.3) is 0 Å². The molecule has 0 unspecified atom stereocenters. The van der Waals surface area contributed by atoms with Gasteiger partial charge >= 0.3 is 23.9 Å². The van der Waals surface area contributed by atoms with E-state index in [1.807, 2.05) is 0 Å². The number of halogens is 6. The van der Waals surface area contributed by atoms with Crippen molar-refractivity contribution in [3.63, 3.8) is 0 Å². The third-order valence-electron chi connectivity index (χ3n) is 3.12. The number of ether oxygens (including phenoxy) is 1. The highest BCUT2D eigenvalue weighted by molar-refractivity contribution is 5.82. The largest absolute Gasteiger partial charge is 0.457 e. The molecule has 1 saturated carbocycles. The average Bonchev–Trinajstić information content (AvgIpc) is 2.59. The number of rotatable bonds is 2. The van der Waals surface area contributed by atoms with E-state index in [9.17, 15) is 31.1 Å². The van der Waals surface area contributed by atoms with Gasteiger partial charge < -0.3 is 9.84 Å². The fraction of sp³-hybridized carbons (Fsp3) is 0.900. The summed E-state index contributed by atoms with van der Waals surface area (Å²) in [6.07, 6.45) is -11.0. The summed E-state index contributed by atoms with van der Waals surface area (Å²) in [5, 5.41) is 8.80. The average molecular weight is 294 g/mol. The lowest BCUT2D eigenvalue weighted by atomic mass is 10.0. The van der Waals surface area contributed by atoms with Crippen molar-refractivity contribution in [3.8, 4) is 0 Å². The second-order valence-electron chi connectivity index (χ2n) is 4.75. The van der Waals surface area contributed by atoms with E-state index in [1.165, 1.54) is 6.92 Å². The fourth-order valence-electron chi connectivity index (χ4n) is 1.91. The van der Waals surface area contributed by atoms with E-state index in [0.717, 1.165) is 0 Å². The first-order valence-corrected chi connectivity index (χ1v) is 5.43. The number of aliphatic hydroxyl groups is 1. The first kappa shape index (κ1) is 16.1. The quantitative estimate of drug-likeness (QED) is 0.629. The molecule has 112 valence electrons. The Morgan fingerprint density at radius 3 is 1.74 bits per heavy atom. The van der Waals surface area contributed by atoms with Crippen molar-refractivity contribution in [2.75, 3.05) is 0 Å². The molecule has 0 heterocycles. The molecule has 1 N–H and O–H groups in total. The molecule has 0 amide bonds. The molecule has 0 saturated heterocycles. The van der Waals surface area contributed by atoms with Gasteiger partial charge in [0.25, 0.3) is 0 Å². The highest BCUT2D eigenvalue weighted by Gasteiger charge is 2.77. The van der Waals surface area contributed by atoms with E-state index in [0.29, 0.717) is 12.8 Å². The van der Waals surface area contributed by atoms with Gasteiger partial charge in [-0.1, -0.05) is 0 Å². The lowest BCUT2D eigenvalue weighted by Crippen LogP contribution is -2.64. The van der Waals surface area contributed by atoms with E-state index in [-0.39, 0.29) is 12.8 Å². The number of carbonyl (C=O) groups is 1. The monoisotopic (exact) mass is 294 g/mol. The summed E-state index contributed by atoms with van der Waals surface area (Å²) < 4.78 is 78.6. The van der Waals surface area contributed by atoms with Crippen LogP contribution in [0.15, 0.2) is 0 Å². The molecule has 1 aliphatic rings. The van der Waals surface area contributed by atoms with Crippen molar-refractivity contribution in [1.82, 2.24) is 0 Å². The van der Waals surface area contributed by atoms with Gasteiger partial charge in [-0.25, -0.2) is 4.79 Å². The third kappa shape index (κ3) is 2.80. The minimum absolute atomic E-state index is 0.157. The molecule has 0 aromatic rings. The van der Waals surface area contributed by atoms with Crippen LogP contribution in [-0.2, 0) is 9.53 Å². The summed E-state index contributed by atoms with van der Waals surface area (Å²) in [5.74, 6) is -2.73. The van der Waals surface area contributed by atoms with Gasteiger partial charge in [0.05, 0.1) is 0 Å². The Bertz CT molecular complexity index is 339. The Morgan fingerprint density at radius 1 is 1.05 bits per heavy atom. The van der Waals surface area contributed by atoms with Gasteiger partial charge in [-0.2, -0.15) is 26.3 Å². The molecule has 1 rings (SSSR count). The van der Waals surface area contributed by atoms with Crippen LogP contribution in [0, 0.1) is 0 Å². The van der Waals surface area contributed by atoms with E-state index in [1.54, 1.807) is 0 Å². The standard InChI is InChI=1S/C10H12F6O3/c1-7(4-2-3-5-7)19-6(17)8(18,9(11,12)13)10(14,15)16/h18H,2-5H2,1H3. The van der Waals surface area contributed by atoms with E-state index in [4.69, 9.17) is 5.11 Å². The van der Waals surface area contributed by atoms with Crippen LogP contribution in [0.1, 0.15) is 32.6 Å². The zero-order valence-corrected chi connectivity index (χ0v) is 9.86. The number of hydrogen-bond acceptors (Lipinski definition) is 3. The first-order valence-electron chi connectivity index (χ1n) is 5.43. The van der Waals surface area contributed by atoms with Crippen molar-refractivity contribution in [2.24, 2.45) is 0 Å². The first-order chi connectivity index (χ1) is 8.33. The zero-order chi connectivity index (χ0) is 15.1. The van der Waals surface area contributed by atoms with Gasteiger partial charge in [0, 0.05) is 0 Å². The van der Waals surface area contributed by atoms with Crippen molar-refractivity contribution in [2.45, 2.75) is 56.2 Å². The minimum atomic E-state index is -6.20. The Morgan fingerprint density at radius 2 is 1.42 bits per heavy atom. The summed E-state index contributed by atoms with van der Waals surface area (Å²) in [7, 11) is 0. The maximum Gasteiger partial charge on any atom is 0.437 e. The Kier molecular flexibility index (Phi) is 3.83. The molecule has 0 aliphatic heterocycles. The highest BCUT2D eigenvalue weighted by atomic mass is 19.4. The lowest BCUT2D eigenvalue weighted by Gasteiger charge is -2.33. The Labute approximate surface area is 104 Å². The SMILES string of the molecule is CC1(OC(=O)C(O)(C(F)(F)F)C(F)(F)F)CCCC1. The lowest BCUT2D eigenvalue weighted by molar-refractivity contribution is -0.359. The van der Waals surface area contributed by atoms with Crippen LogP contribution >= 0.6 is 0 Å². The molecule has 0 aromatic carbocycles. The van der Waals surface area contributed by atoms with Gasteiger partial charge in [0.15, 0.2) is 0 Å². The molecule has 3 nitrogen and oxygen atoms in total. The van der Waals surface area contributed by atoms with Crippen LogP contribution in [0.5, 0.6) is 0 Å². The molecule has 0 atom stereocenters. The number of esters is 1. The summed E-state index contributed by atoms with van der Waals surface area (Å²) in [4.78, 5) is 11.2. The van der Waals surface area contributed by atoms with Gasteiger partial charge in [-0.15, -0.1) is 0 Å². The molecule has 9 heteroatoms. The molecule has 0 aromatic heterocycles. The molecule has 0 spiro atoms. The second kappa shape index (κ2) is 4.53. The molecule has 0 radical (unpaired) electrons. The maximum absolute atomic E-state index is 12.4. The predicted octanol–water partition coefficient (Wildman–Crippen LogP) is 2.72. The topological polar surface area (TPSA) is 46.5 Å². The summed E-state index contributed by atoms with van der Waals surface area (Å²) in [6, 6.07) is 0. The fourth-order valence-corrected chi connectivity index (χ4v) is 1.91. The molecule has 1 fully saturated rings. The molecule has 0 bridgehead atoms. The summed E-state index contributed by atoms with van der Waals surface area (Å²) >= 11 is 0. The Balaban J connectivity index is 3.04. The molecule has 1 aliphatic carbocycles. The summed E-state index contributed by atoms with van der Waals surface area (Å²) in [6.45, 7) is 1.24. The van der Waals surface area contributed by atoms with Gasteiger partial charge in [0.2, 0.25) is 0 Å². The normalized spacial score (nSPS) is 20.4. The van der Waals surface area contributed by atoms with Crippen LogP contribution < -0.4 is 0 Å². The highest BCUT2D eigenvalue weighted by Crippen LogP contribution is 2.45. The minimum Gasteiger partial charge on any atom is -0.457 e. The van der Waals surface area contributed by atoms with Gasteiger partial charge in [-0.05, 0) is 32.6 Å². The molecular weight excluding hydrogens is 282 g/mol. The smallest absolute Gasteiger partial charge is 0.437 e. The summed E-state index contributed by atoms with van der Waals surface area (Å²) in [5.41, 5.74) is -6.90. The number of alkyl halides is 6. The van der Waals surface area contributed by atoms with Crippen molar-refractivity contribution in [1.29, 1.82) is 0 Å². The second-order valence-corrected chi connectivity index (χ2v) is 4.75. The zero-order valence-electron chi connectivity index (χ0n) is 9.86. The van der Waals surface area contributed by atoms with Gasteiger partial charge in [0.1, 0.15) is 5.60 Å². The van der Waals surface area contributed by atoms with E-state index < -0.39 is 29.5 Å². The Hall–Kier alpha value is -0.990. The number of carbonyl (C=O) groups excluding carboxylic acids is 1. The number of hydrogen-bond donors (Lipinski definition) is 1. The molecule has 19 heavy (non-hydrogen) atoms.